The van der Waals surface area contributed by atoms with E-state index in [0.29, 0.717) is 6.54 Å². The van der Waals surface area contributed by atoms with E-state index in [-0.39, 0.29) is 6.61 Å². The first-order valence-corrected chi connectivity index (χ1v) is 5.73. The number of nitrogens with one attached hydrogen (secondary N) is 1. The quantitative estimate of drug-likeness (QED) is 0.762. The van der Waals surface area contributed by atoms with Gasteiger partial charge < -0.3 is 15.0 Å². The summed E-state index contributed by atoms with van der Waals surface area (Å²) in [5, 5.41) is 11.9. The van der Waals surface area contributed by atoms with Gasteiger partial charge in [-0.15, -0.1) is 0 Å². The summed E-state index contributed by atoms with van der Waals surface area (Å²) < 4.78 is 2.05. The van der Waals surface area contributed by atoms with Gasteiger partial charge in [0.05, 0.1) is 6.61 Å². The highest BCUT2D eigenvalue weighted by Crippen LogP contribution is 2.10. The lowest BCUT2D eigenvalue weighted by atomic mass is 10.3. The lowest BCUT2D eigenvalue weighted by Crippen LogP contribution is -2.19. The molecule has 2 aromatic heterocycles. The molecule has 90 valence electrons. The Morgan fingerprint density at radius 1 is 1.29 bits per heavy atom. The molecule has 17 heavy (non-hydrogen) atoms. The molecule has 0 aliphatic heterocycles. The molecule has 0 saturated carbocycles. The zero-order valence-electron chi connectivity index (χ0n) is 9.93. The van der Waals surface area contributed by atoms with E-state index in [9.17, 15) is 0 Å². The lowest BCUT2D eigenvalue weighted by Gasteiger charge is -2.09. The van der Waals surface area contributed by atoms with Crippen LogP contribution < -0.4 is 5.32 Å². The van der Waals surface area contributed by atoms with Gasteiger partial charge in [-0.05, 0) is 31.2 Å². The van der Waals surface area contributed by atoms with Crippen LogP contribution in [0.3, 0.4) is 0 Å². The average molecular weight is 231 g/mol. The van der Waals surface area contributed by atoms with Crippen LogP contribution in [0.25, 0.3) is 5.82 Å². The number of aliphatic hydroxyl groups excluding tert-OH is 1. The molecule has 4 nitrogen and oxygen atoms in total. The van der Waals surface area contributed by atoms with Crippen LogP contribution in [-0.2, 0) is 6.54 Å². The smallest absolute Gasteiger partial charge is 0.137 e. The second-order valence-electron chi connectivity index (χ2n) is 3.91. The number of pyridine rings is 1. The van der Waals surface area contributed by atoms with E-state index in [1.165, 1.54) is 0 Å². The fourth-order valence-corrected chi connectivity index (χ4v) is 1.74. The Kier molecular flexibility index (Phi) is 3.90. The Bertz CT molecular complexity index is 479. The molecule has 2 rings (SSSR count). The third kappa shape index (κ3) is 2.93. The van der Waals surface area contributed by atoms with Gasteiger partial charge in [0.15, 0.2) is 0 Å². The van der Waals surface area contributed by atoms with Crippen molar-refractivity contribution >= 4 is 0 Å². The van der Waals surface area contributed by atoms with Crippen molar-refractivity contribution in [2.75, 3.05) is 13.2 Å². The van der Waals surface area contributed by atoms with Crippen LogP contribution in [0.2, 0.25) is 0 Å². The van der Waals surface area contributed by atoms with Crippen LogP contribution in [0.4, 0.5) is 0 Å². The molecule has 0 aliphatic rings. The van der Waals surface area contributed by atoms with Crippen molar-refractivity contribution in [3.63, 3.8) is 0 Å². The highest BCUT2D eigenvalue weighted by atomic mass is 16.3. The predicted molar refractivity (Wildman–Crippen MR) is 67.1 cm³/mol. The summed E-state index contributed by atoms with van der Waals surface area (Å²) >= 11 is 0. The number of nitrogens with zero attached hydrogens (tertiary/aromatic N) is 2. The number of aliphatic hydroxyl groups is 1. The van der Waals surface area contributed by atoms with Gasteiger partial charge >= 0.3 is 0 Å². The molecule has 0 spiro atoms. The van der Waals surface area contributed by atoms with Crippen LogP contribution in [0.15, 0.2) is 36.5 Å². The van der Waals surface area contributed by atoms with E-state index in [1.54, 1.807) is 0 Å². The summed E-state index contributed by atoms with van der Waals surface area (Å²) in [7, 11) is 0. The monoisotopic (exact) mass is 231 g/mol. The summed E-state index contributed by atoms with van der Waals surface area (Å²) in [6.45, 7) is 3.47. The van der Waals surface area contributed by atoms with Crippen LogP contribution in [0.5, 0.6) is 0 Å². The number of aryl methyl sites for hydroxylation is 1. The van der Waals surface area contributed by atoms with Crippen molar-refractivity contribution in [2.24, 2.45) is 0 Å². The molecular weight excluding hydrogens is 214 g/mol. The fourth-order valence-electron chi connectivity index (χ4n) is 1.74. The van der Waals surface area contributed by atoms with Crippen LogP contribution >= 0.6 is 0 Å². The molecule has 0 aliphatic carbocycles. The largest absolute Gasteiger partial charge is 0.395 e. The number of hydrogen-bond acceptors (Lipinski definition) is 3. The van der Waals surface area contributed by atoms with Gasteiger partial charge in [0.1, 0.15) is 5.82 Å². The second kappa shape index (κ2) is 5.61. The van der Waals surface area contributed by atoms with Crippen LogP contribution in [0, 0.1) is 6.92 Å². The molecule has 0 radical (unpaired) electrons. The van der Waals surface area contributed by atoms with Gasteiger partial charge in [-0.1, -0.05) is 6.07 Å². The molecule has 0 unspecified atom stereocenters. The van der Waals surface area contributed by atoms with E-state index < -0.39 is 0 Å². The molecule has 2 aromatic rings. The molecule has 0 atom stereocenters. The lowest BCUT2D eigenvalue weighted by molar-refractivity contribution is 0.291. The summed E-state index contributed by atoms with van der Waals surface area (Å²) in [4.78, 5) is 4.49. The third-order valence-corrected chi connectivity index (χ3v) is 2.55. The minimum atomic E-state index is 0.156. The van der Waals surface area contributed by atoms with Crippen molar-refractivity contribution in [1.82, 2.24) is 14.9 Å². The van der Waals surface area contributed by atoms with Gasteiger partial charge in [0.2, 0.25) is 0 Å². The highest BCUT2D eigenvalue weighted by molar-refractivity contribution is 5.29. The molecule has 0 bridgehead atoms. The maximum atomic E-state index is 8.74. The van der Waals surface area contributed by atoms with Crippen molar-refractivity contribution in [1.29, 1.82) is 0 Å². The number of rotatable bonds is 5. The van der Waals surface area contributed by atoms with E-state index in [2.05, 4.69) is 14.9 Å². The topological polar surface area (TPSA) is 50.1 Å². The highest BCUT2D eigenvalue weighted by Gasteiger charge is 2.03. The molecular formula is C13H17N3O. The van der Waals surface area contributed by atoms with Gasteiger partial charge in [0, 0.05) is 30.7 Å². The van der Waals surface area contributed by atoms with E-state index >= 15 is 0 Å². The van der Waals surface area contributed by atoms with Gasteiger partial charge in [0.25, 0.3) is 0 Å². The molecule has 0 fully saturated rings. The summed E-state index contributed by atoms with van der Waals surface area (Å²) in [5.41, 5.74) is 2.14. The van der Waals surface area contributed by atoms with Crippen molar-refractivity contribution in [3.05, 3.63) is 47.9 Å². The van der Waals surface area contributed by atoms with E-state index in [1.807, 2.05) is 43.5 Å². The van der Waals surface area contributed by atoms with E-state index in [0.717, 1.165) is 23.8 Å². The minimum absolute atomic E-state index is 0.156. The molecule has 0 amide bonds. The third-order valence-electron chi connectivity index (χ3n) is 2.55. The van der Waals surface area contributed by atoms with Crippen LogP contribution in [-0.4, -0.2) is 27.8 Å². The average Bonchev–Trinajstić information content (AvgIpc) is 2.78. The van der Waals surface area contributed by atoms with Crippen molar-refractivity contribution < 1.29 is 5.11 Å². The van der Waals surface area contributed by atoms with E-state index in [4.69, 9.17) is 5.11 Å². The Balaban J connectivity index is 2.18. The molecule has 4 heteroatoms. The first-order valence-electron chi connectivity index (χ1n) is 5.73. The first kappa shape index (κ1) is 11.8. The maximum Gasteiger partial charge on any atom is 0.137 e. The summed E-state index contributed by atoms with van der Waals surface area (Å²) in [6, 6.07) is 10.0. The number of hydrogen-bond donors (Lipinski definition) is 2. The Hall–Kier alpha value is -1.65. The molecule has 2 heterocycles. The molecule has 2 N–H and O–H groups in total. The maximum absolute atomic E-state index is 8.74. The molecule has 0 aromatic carbocycles. The summed E-state index contributed by atoms with van der Waals surface area (Å²) in [6.07, 6.45) is 2.00. The van der Waals surface area contributed by atoms with Gasteiger partial charge in [-0.2, -0.15) is 0 Å². The van der Waals surface area contributed by atoms with Crippen molar-refractivity contribution in [2.45, 2.75) is 13.5 Å². The zero-order chi connectivity index (χ0) is 12.1. The second-order valence-corrected chi connectivity index (χ2v) is 3.91. The van der Waals surface area contributed by atoms with Crippen molar-refractivity contribution in [3.8, 4) is 5.82 Å². The Morgan fingerprint density at radius 3 is 2.94 bits per heavy atom. The summed E-state index contributed by atoms with van der Waals surface area (Å²) in [5.74, 6) is 0.927. The first-order chi connectivity index (χ1) is 8.31. The minimum Gasteiger partial charge on any atom is -0.395 e. The standard InChI is InChI=1S/C13H17N3O/c1-11-4-2-6-13(15-11)16-8-3-5-12(16)10-14-7-9-17/h2-6,8,14,17H,7,9-10H2,1H3. The number of aromatic nitrogens is 2. The normalized spacial score (nSPS) is 10.7. The van der Waals surface area contributed by atoms with Gasteiger partial charge in [-0.25, -0.2) is 4.98 Å². The molecule has 0 saturated heterocycles. The Labute approximate surface area is 101 Å². The predicted octanol–water partition coefficient (Wildman–Crippen LogP) is 1.26. The fraction of sp³-hybridized carbons (Fsp3) is 0.308. The SMILES string of the molecule is Cc1cccc(-n2cccc2CNCCO)n1. The zero-order valence-corrected chi connectivity index (χ0v) is 9.93. The van der Waals surface area contributed by atoms with Gasteiger partial charge in [-0.3, -0.25) is 0 Å². The van der Waals surface area contributed by atoms with Crippen LogP contribution in [0.1, 0.15) is 11.4 Å². The Morgan fingerprint density at radius 2 is 2.18 bits per heavy atom.